The highest BCUT2D eigenvalue weighted by atomic mass is 32.1. The average molecular weight is 224 g/mol. The van der Waals surface area contributed by atoms with Crippen LogP contribution < -0.4 is 0 Å². The van der Waals surface area contributed by atoms with E-state index < -0.39 is 11.7 Å². The molecule has 3 N–H and O–H groups in total. The molecule has 0 aliphatic carbocycles. The molecular weight excluding hydrogens is 216 g/mol. The molecule has 0 saturated carbocycles. The molecular formula is C10H8O4S. The van der Waals surface area contributed by atoms with Gasteiger partial charge in [-0.3, -0.25) is 0 Å². The fraction of sp³-hybridized carbons (Fsp3) is 0.100. The molecule has 0 bridgehead atoms. The van der Waals surface area contributed by atoms with Gasteiger partial charge in [-0.05, 0) is 6.07 Å². The lowest BCUT2D eigenvalue weighted by molar-refractivity contribution is 0.0693. The third kappa shape index (κ3) is 2.58. The highest BCUT2D eigenvalue weighted by Gasteiger charge is 2.12. The Morgan fingerprint density at radius 3 is 2.53 bits per heavy atom. The van der Waals surface area contributed by atoms with Gasteiger partial charge in [0.2, 0.25) is 0 Å². The zero-order chi connectivity index (χ0) is 11.4. The Balaban J connectivity index is 3.29. The summed E-state index contributed by atoms with van der Waals surface area (Å²) in [5.74, 6) is 3.38. The maximum absolute atomic E-state index is 10.7. The van der Waals surface area contributed by atoms with Gasteiger partial charge in [-0.15, -0.1) is 0 Å². The maximum atomic E-state index is 10.7. The van der Waals surface area contributed by atoms with E-state index >= 15 is 0 Å². The topological polar surface area (TPSA) is 77.8 Å². The summed E-state index contributed by atoms with van der Waals surface area (Å²) in [4.78, 5) is 10.7. The second-order valence-electron chi connectivity index (χ2n) is 2.65. The van der Waals surface area contributed by atoms with Crippen LogP contribution in [-0.2, 0) is 0 Å². The third-order valence-electron chi connectivity index (χ3n) is 1.65. The first kappa shape index (κ1) is 11.3. The van der Waals surface area contributed by atoms with Crippen LogP contribution >= 0.6 is 12.6 Å². The first-order valence-electron chi connectivity index (χ1n) is 3.95. The van der Waals surface area contributed by atoms with Crippen molar-refractivity contribution in [3.05, 3.63) is 23.3 Å². The molecule has 0 radical (unpaired) electrons. The van der Waals surface area contributed by atoms with E-state index in [1.54, 1.807) is 0 Å². The highest BCUT2D eigenvalue weighted by Crippen LogP contribution is 2.26. The minimum atomic E-state index is -1.28. The fourth-order valence-electron chi connectivity index (χ4n) is 0.983. The summed E-state index contributed by atoms with van der Waals surface area (Å²) in [6.07, 6.45) is 0. The Bertz CT molecular complexity index is 456. The van der Waals surface area contributed by atoms with Gasteiger partial charge in [0.15, 0.2) is 0 Å². The smallest absolute Gasteiger partial charge is 0.339 e. The highest BCUT2D eigenvalue weighted by molar-refractivity contribution is 7.80. The molecule has 0 amide bonds. The van der Waals surface area contributed by atoms with Crippen molar-refractivity contribution >= 4 is 18.6 Å². The van der Waals surface area contributed by atoms with Gasteiger partial charge in [0.1, 0.15) is 17.1 Å². The molecule has 1 aromatic rings. The van der Waals surface area contributed by atoms with E-state index in [1.165, 1.54) is 0 Å². The van der Waals surface area contributed by atoms with Crippen LogP contribution in [0.1, 0.15) is 15.9 Å². The van der Waals surface area contributed by atoms with Gasteiger partial charge in [-0.2, -0.15) is 12.6 Å². The predicted molar refractivity (Wildman–Crippen MR) is 57.5 cm³/mol. The molecule has 0 fully saturated rings. The van der Waals surface area contributed by atoms with Crippen molar-refractivity contribution in [3.8, 4) is 23.3 Å². The standard InChI is InChI=1S/C10H8O4S/c11-8-5-9(12)7(10(13)14)4-6(8)2-1-3-15/h4-5,11-12,15H,3H2,(H,13,14). The van der Waals surface area contributed by atoms with E-state index in [-0.39, 0.29) is 16.9 Å². The number of thiol groups is 1. The van der Waals surface area contributed by atoms with E-state index in [4.69, 9.17) is 5.11 Å². The molecule has 4 nitrogen and oxygen atoms in total. The van der Waals surface area contributed by atoms with Gasteiger partial charge in [0.05, 0.1) is 11.3 Å². The molecule has 0 aliphatic rings. The lowest BCUT2D eigenvalue weighted by atomic mass is 10.1. The van der Waals surface area contributed by atoms with Gasteiger partial charge in [-0.1, -0.05) is 11.8 Å². The quantitative estimate of drug-likeness (QED) is 0.425. The number of phenols is 2. The van der Waals surface area contributed by atoms with E-state index in [1.807, 2.05) is 0 Å². The summed E-state index contributed by atoms with van der Waals surface area (Å²) < 4.78 is 0. The Kier molecular flexibility index (Phi) is 3.47. The molecule has 1 rings (SSSR count). The second-order valence-corrected chi connectivity index (χ2v) is 2.97. The molecule has 0 unspecified atom stereocenters. The van der Waals surface area contributed by atoms with Gasteiger partial charge < -0.3 is 15.3 Å². The van der Waals surface area contributed by atoms with Gasteiger partial charge >= 0.3 is 5.97 Å². The largest absolute Gasteiger partial charge is 0.507 e. The summed E-state index contributed by atoms with van der Waals surface area (Å²) in [7, 11) is 0. The first-order chi connectivity index (χ1) is 7.06. The number of benzene rings is 1. The van der Waals surface area contributed by atoms with Crippen molar-refractivity contribution in [2.75, 3.05) is 5.75 Å². The SMILES string of the molecule is O=C(O)c1cc(C#CCS)c(O)cc1O. The summed E-state index contributed by atoms with van der Waals surface area (Å²) in [5.41, 5.74) is -0.143. The minimum absolute atomic E-state index is 0.152. The number of aromatic carboxylic acids is 1. The van der Waals surface area contributed by atoms with Crippen molar-refractivity contribution in [1.29, 1.82) is 0 Å². The third-order valence-corrected chi connectivity index (χ3v) is 1.80. The van der Waals surface area contributed by atoms with Crippen molar-refractivity contribution < 1.29 is 20.1 Å². The van der Waals surface area contributed by atoms with E-state index in [2.05, 4.69) is 24.5 Å². The first-order valence-corrected chi connectivity index (χ1v) is 4.58. The zero-order valence-corrected chi connectivity index (χ0v) is 8.45. The minimum Gasteiger partial charge on any atom is -0.507 e. The number of aromatic hydroxyl groups is 2. The normalized spacial score (nSPS) is 9.13. The van der Waals surface area contributed by atoms with Crippen LogP contribution in [0.3, 0.4) is 0 Å². The molecule has 0 aliphatic heterocycles. The predicted octanol–water partition coefficient (Wildman–Crippen LogP) is 1.08. The molecule has 0 aromatic heterocycles. The van der Waals surface area contributed by atoms with Gasteiger partial charge in [0, 0.05) is 6.07 Å². The van der Waals surface area contributed by atoms with Crippen LogP contribution in [0.2, 0.25) is 0 Å². The molecule has 0 spiro atoms. The summed E-state index contributed by atoms with van der Waals surface area (Å²) in [6.45, 7) is 0. The lowest BCUT2D eigenvalue weighted by Gasteiger charge is -2.02. The fourth-order valence-corrected chi connectivity index (χ4v) is 1.06. The monoisotopic (exact) mass is 224 g/mol. The summed E-state index contributed by atoms with van der Waals surface area (Å²) in [5, 5.41) is 27.3. The maximum Gasteiger partial charge on any atom is 0.339 e. The summed E-state index contributed by atoms with van der Waals surface area (Å²) >= 11 is 3.85. The molecule has 15 heavy (non-hydrogen) atoms. The Labute approximate surface area is 91.6 Å². The van der Waals surface area contributed by atoms with E-state index in [0.29, 0.717) is 5.75 Å². The van der Waals surface area contributed by atoms with Crippen LogP contribution in [0.5, 0.6) is 11.5 Å². The number of carbonyl (C=O) groups is 1. The average Bonchev–Trinajstić information content (AvgIpc) is 2.16. The van der Waals surface area contributed by atoms with Crippen LogP contribution in [0.25, 0.3) is 0 Å². The molecule has 1 aromatic carbocycles. The van der Waals surface area contributed by atoms with E-state index in [9.17, 15) is 15.0 Å². The molecule has 0 atom stereocenters. The summed E-state index contributed by atoms with van der Waals surface area (Å²) in [6, 6.07) is 2.06. The number of rotatable bonds is 1. The van der Waals surface area contributed by atoms with Crippen molar-refractivity contribution in [1.82, 2.24) is 0 Å². The van der Waals surface area contributed by atoms with Crippen molar-refractivity contribution in [2.45, 2.75) is 0 Å². The van der Waals surface area contributed by atoms with Crippen molar-refractivity contribution in [3.63, 3.8) is 0 Å². The van der Waals surface area contributed by atoms with Gasteiger partial charge in [0.25, 0.3) is 0 Å². The number of carboxylic acid groups (broad SMARTS) is 1. The lowest BCUT2D eigenvalue weighted by Crippen LogP contribution is -1.97. The Hall–Kier alpha value is -1.80. The number of carboxylic acids is 1. The van der Waals surface area contributed by atoms with Gasteiger partial charge in [-0.25, -0.2) is 4.79 Å². The molecule has 0 heterocycles. The second kappa shape index (κ2) is 4.62. The van der Waals surface area contributed by atoms with Crippen LogP contribution in [0.15, 0.2) is 12.1 Å². The molecule has 0 saturated heterocycles. The number of phenolic OH excluding ortho intramolecular Hbond substituents is 1. The van der Waals surface area contributed by atoms with Crippen LogP contribution in [0.4, 0.5) is 0 Å². The molecule has 78 valence electrons. The van der Waals surface area contributed by atoms with Crippen LogP contribution in [0, 0.1) is 11.8 Å². The number of hydrogen-bond acceptors (Lipinski definition) is 4. The van der Waals surface area contributed by atoms with Crippen molar-refractivity contribution in [2.24, 2.45) is 0 Å². The Morgan fingerprint density at radius 2 is 2.00 bits per heavy atom. The number of hydrogen-bond donors (Lipinski definition) is 4. The Morgan fingerprint density at radius 1 is 1.33 bits per heavy atom. The van der Waals surface area contributed by atoms with Crippen LogP contribution in [-0.4, -0.2) is 27.0 Å². The zero-order valence-electron chi connectivity index (χ0n) is 7.56. The van der Waals surface area contributed by atoms with E-state index in [0.717, 1.165) is 12.1 Å². The molecule has 5 heteroatoms.